The largest absolute Gasteiger partial charge is 0.348 e. The summed E-state index contributed by atoms with van der Waals surface area (Å²) >= 11 is 0. The molecule has 3 heterocycles. The lowest BCUT2D eigenvalue weighted by Crippen LogP contribution is -2.25. The van der Waals surface area contributed by atoms with Crippen molar-refractivity contribution in [1.82, 2.24) is 30.1 Å². The number of rotatable bonds is 7. The third-order valence-electron chi connectivity index (χ3n) is 4.60. The maximum atomic E-state index is 12.2. The number of amides is 1. The molecule has 1 aromatic carbocycles. The van der Waals surface area contributed by atoms with Crippen LogP contribution in [0.5, 0.6) is 0 Å². The monoisotopic (exact) mass is 390 g/mol. The van der Waals surface area contributed by atoms with Gasteiger partial charge in [-0.1, -0.05) is 41.9 Å². The van der Waals surface area contributed by atoms with Gasteiger partial charge in [0.2, 0.25) is 5.91 Å². The fourth-order valence-electron chi connectivity index (χ4n) is 3.02. The van der Waals surface area contributed by atoms with Gasteiger partial charge in [0.25, 0.3) is 5.89 Å². The minimum absolute atomic E-state index is 0.0588. The molecular formula is C21H22N6O2. The van der Waals surface area contributed by atoms with Gasteiger partial charge < -0.3 is 9.84 Å². The van der Waals surface area contributed by atoms with Crippen molar-refractivity contribution in [2.45, 2.75) is 39.7 Å². The van der Waals surface area contributed by atoms with Crippen LogP contribution < -0.4 is 5.32 Å². The predicted octanol–water partition coefficient (Wildman–Crippen LogP) is 2.90. The Morgan fingerprint density at radius 3 is 2.79 bits per heavy atom. The minimum Gasteiger partial charge on any atom is -0.348 e. The number of benzene rings is 1. The van der Waals surface area contributed by atoms with Crippen LogP contribution in [0, 0.1) is 6.92 Å². The molecule has 0 saturated heterocycles. The molecule has 4 aromatic rings. The van der Waals surface area contributed by atoms with E-state index >= 15 is 0 Å². The van der Waals surface area contributed by atoms with E-state index in [9.17, 15) is 4.79 Å². The average Bonchev–Trinajstić information content (AvgIpc) is 3.35. The molecule has 1 amide bonds. The summed E-state index contributed by atoms with van der Waals surface area (Å²) in [6.07, 6.45) is 3.92. The van der Waals surface area contributed by atoms with E-state index in [4.69, 9.17) is 4.52 Å². The second-order valence-corrected chi connectivity index (χ2v) is 6.96. The molecule has 0 unspecified atom stereocenters. The standard InChI is InChI=1S/C21H22N6O2/c1-3-4-17-23-21(29-26-17)16-9-10-27-18(12-16)24-25-19(27)13-22-20(28)11-15-7-5-14(2)6-8-15/h5-10,12H,3-4,11,13H2,1-2H3,(H,22,28). The van der Waals surface area contributed by atoms with Crippen molar-refractivity contribution in [1.29, 1.82) is 0 Å². The lowest BCUT2D eigenvalue weighted by atomic mass is 10.1. The summed E-state index contributed by atoms with van der Waals surface area (Å²) in [5, 5.41) is 15.3. The number of nitrogens with one attached hydrogen (secondary N) is 1. The maximum absolute atomic E-state index is 12.2. The zero-order valence-electron chi connectivity index (χ0n) is 16.4. The fraction of sp³-hybridized carbons (Fsp3) is 0.286. The molecule has 148 valence electrons. The highest BCUT2D eigenvalue weighted by molar-refractivity contribution is 5.78. The Morgan fingerprint density at radius 2 is 2.00 bits per heavy atom. The summed E-state index contributed by atoms with van der Waals surface area (Å²) in [6.45, 7) is 4.39. The summed E-state index contributed by atoms with van der Waals surface area (Å²) in [5.74, 6) is 1.75. The summed E-state index contributed by atoms with van der Waals surface area (Å²) in [5.41, 5.74) is 3.59. The van der Waals surface area contributed by atoms with Gasteiger partial charge in [-0.25, -0.2) is 0 Å². The molecule has 0 spiro atoms. The zero-order valence-corrected chi connectivity index (χ0v) is 16.4. The van der Waals surface area contributed by atoms with E-state index in [1.54, 1.807) is 0 Å². The Labute approximate surface area is 168 Å². The van der Waals surface area contributed by atoms with Crippen LogP contribution >= 0.6 is 0 Å². The fourth-order valence-corrected chi connectivity index (χ4v) is 3.02. The Balaban J connectivity index is 1.43. The van der Waals surface area contributed by atoms with E-state index in [0.29, 0.717) is 36.2 Å². The molecule has 0 aliphatic heterocycles. The summed E-state index contributed by atoms with van der Waals surface area (Å²) in [7, 11) is 0. The van der Waals surface area contributed by atoms with Crippen molar-refractivity contribution in [2.75, 3.05) is 0 Å². The lowest BCUT2D eigenvalue weighted by Gasteiger charge is -2.05. The molecule has 0 fully saturated rings. The van der Waals surface area contributed by atoms with Crippen molar-refractivity contribution in [3.05, 3.63) is 65.4 Å². The van der Waals surface area contributed by atoms with Gasteiger partial charge in [0.15, 0.2) is 17.3 Å². The quantitative estimate of drug-likeness (QED) is 0.521. The maximum Gasteiger partial charge on any atom is 0.258 e. The molecule has 8 heteroatoms. The van der Waals surface area contributed by atoms with Crippen LogP contribution in [-0.4, -0.2) is 30.6 Å². The van der Waals surface area contributed by atoms with Crippen LogP contribution in [0.1, 0.15) is 36.1 Å². The summed E-state index contributed by atoms with van der Waals surface area (Å²) in [4.78, 5) is 16.6. The molecular weight excluding hydrogens is 368 g/mol. The highest BCUT2D eigenvalue weighted by Gasteiger charge is 2.12. The van der Waals surface area contributed by atoms with Crippen LogP contribution in [0.3, 0.4) is 0 Å². The van der Waals surface area contributed by atoms with Gasteiger partial charge in [0, 0.05) is 18.2 Å². The molecule has 0 aliphatic carbocycles. The average molecular weight is 390 g/mol. The molecule has 4 rings (SSSR count). The van der Waals surface area contributed by atoms with E-state index in [0.717, 1.165) is 24.0 Å². The third-order valence-corrected chi connectivity index (χ3v) is 4.60. The van der Waals surface area contributed by atoms with E-state index in [1.165, 1.54) is 5.56 Å². The number of carbonyl (C=O) groups is 1. The van der Waals surface area contributed by atoms with Crippen molar-refractivity contribution in [3.63, 3.8) is 0 Å². The molecule has 0 radical (unpaired) electrons. The molecule has 29 heavy (non-hydrogen) atoms. The topological polar surface area (TPSA) is 98.2 Å². The van der Waals surface area contributed by atoms with Gasteiger partial charge in [0.05, 0.1) is 13.0 Å². The third kappa shape index (κ3) is 4.31. The summed E-state index contributed by atoms with van der Waals surface area (Å²) in [6, 6.07) is 11.6. The van der Waals surface area contributed by atoms with Crippen LogP contribution in [0.25, 0.3) is 17.1 Å². The molecule has 8 nitrogen and oxygen atoms in total. The molecule has 1 N–H and O–H groups in total. The van der Waals surface area contributed by atoms with Crippen LogP contribution in [0.4, 0.5) is 0 Å². The lowest BCUT2D eigenvalue weighted by molar-refractivity contribution is -0.120. The molecule has 0 bridgehead atoms. The van der Waals surface area contributed by atoms with E-state index in [2.05, 4.69) is 32.6 Å². The number of aryl methyl sites for hydroxylation is 2. The first-order chi connectivity index (χ1) is 14.1. The van der Waals surface area contributed by atoms with Crippen molar-refractivity contribution >= 4 is 11.6 Å². The Kier molecular flexibility index (Phi) is 5.33. The second kappa shape index (κ2) is 8.22. The van der Waals surface area contributed by atoms with Crippen LogP contribution in [-0.2, 0) is 24.2 Å². The number of aromatic nitrogens is 5. The SMILES string of the molecule is CCCc1noc(-c2ccn3c(CNC(=O)Cc4ccc(C)cc4)nnc3c2)n1. The molecule has 0 atom stereocenters. The predicted molar refractivity (Wildman–Crippen MR) is 107 cm³/mol. The first kappa shape index (κ1) is 18.8. The van der Waals surface area contributed by atoms with Gasteiger partial charge in [-0.05, 0) is 31.0 Å². The smallest absolute Gasteiger partial charge is 0.258 e. The number of hydrogen-bond donors (Lipinski definition) is 1. The number of hydrogen-bond acceptors (Lipinski definition) is 6. The zero-order chi connectivity index (χ0) is 20.2. The molecule has 0 saturated carbocycles. The Bertz CT molecular complexity index is 1130. The first-order valence-corrected chi connectivity index (χ1v) is 9.61. The highest BCUT2D eigenvalue weighted by atomic mass is 16.5. The van der Waals surface area contributed by atoms with Crippen molar-refractivity contribution in [3.8, 4) is 11.5 Å². The molecule has 3 aromatic heterocycles. The number of fused-ring (bicyclic) bond motifs is 1. The van der Waals surface area contributed by atoms with Crippen LogP contribution in [0.2, 0.25) is 0 Å². The number of pyridine rings is 1. The van der Waals surface area contributed by atoms with Gasteiger partial charge in [-0.2, -0.15) is 4.98 Å². The van der Waals surface area contributed by atoms with Crippen molar-refractivity contribution < 1.29 is 9.32 Å². The number of nitrogens with zero attached hydrogens (tertiary/aromatic N) is 5. The minimum atomic E-state index is -0.0588. The summed E-state index contributed by atoms with van der Waals surface area (Å²) < 4.78 is 7.16. The van der Waals surface area contributed by atoms with Gasteiger partial charge in [0.1, 0.15) is 0 Å². The van der Waals surface area contributed by atoms with Gasteiger partial charge >= 0.3 is 0 Å². The van der Waals surface area contributed by atoms with Crippen molar-refractivity contribution in [2.24, 2.45) is 0 Å². The highest BCUT2D eigenvalue weighted by Crippen LogP contribution is 2.19. The van der Waals surface area contributed by atoms with E-state index in [1.807, 2.05) is 53.9 Å². The Morgan fingerprint density at radius 1 is 1.17 bits per heavy atom. The normalized spacial score (nSPS) is 11.1. The second-order valence-electron chi connectivity index (χ2n) is 6.96. The van der Waals surface area contributed by atoms with E-state index < -0.39 is 0 Å². The van der Waals surface area contributed by atoms with Gasteiger partial charge in [-0.3, -0.25) is 9.20 Å². The van der Waals surface area contributed by atoms with E-state index in [-0.39, 0.29) is 5.91 Å². The van der Waals surface area contributed by atoms with Crippen LogP contribution in [0.15, 0.2) is 47.1 Å². The Hall–Kier alpha value is -3.55. The van der Waals surface area contributed by atoms with Gasteiger partial charge in [-0.15, -0.1) is 10.2 Å². The molecule has 0 aliphatic rings. The first-order valence-electron chi connectivity index (χ1n) is 9.61. The number of carbonyl (C=O) groups excluding carboxylic acids is 1.